The van der Waals surface area contributed by atoms with Gasteiger partial charge < -0.3 is 9.80 Å². The van der Waals surface area contributed by atoms with Crippen LogP contribution in [0.15, 0.2) is 47.3 Å². The third-order valence-electron chi connectivity index (χ3n) is 7.74. The smallest absolute Gasteiger partial charge is 0.299 e. The minimum absolute atomic E-state index is 0.0759. The van der Waals surface area contributed by atoms with Crippen LogP contribution in [0.25, 0.3) is 27.6 Å². The van der Waals surface area contributed by atoms with Crippen LogP contribution in [0.5, 0.6) is 0 Å². The van der Waals surface area contributed by atoms with E-state index in [1.807, 2.05) is 0 Å². The van der Waals surface area contributed by atoms with E-state index in [1.54, 1.807) is 36.4 Å². The first kappa shape index (κ1) is 23.2. The molecule has 0 saturated carbocycles. The fraction of sp³-hybridized carbons (Fsp3) is 0.385. The molecule has 1 aliphatic rings. The van der Waals surface area contributed by atoms with Crippen LogP contribution in [-0.4, -0.2) is 63.1 Å². The second kappa shape index (κ2) is 7.98. The number of fused-ring (bicyclic) bond motifs is 3. The minimum atomic E-state index is -0.501. The molecule has 9 heteroatoms. The number of benzene rings is 2. The molecule has 0 aliphatic carbocycles. The summed E-state index contributed by atoms with van der Waals surface area (Å²) in [7, 11) is 4.42. The molecule has 0 spiro atoms. The van der Waals surface area contributed by atoms with Gasteiger partial charge in [-0.25, -0.2) is 9.07 Å². The highest BCUT2D eigenvalue weighted by atomic mass is 19.1. The van der Waals surface area contributed by atoms with Crippen molar-refractivity contribution in [3.63, 3.8) is 0 Å². The maximum Gasteiger partial charge on any atom is 0.299 e. The molecule has 1 amide bonds. The van der Waals surface area contributed by atoms with Crippen molar-refractivity contribution < 1.29 is 13.7 Å². The number of likely N-dealkylation sites (tertiary alicyclic amines) is 1. The molecule has 182 valence electrons. The van der Waals surface area contributed by atoms with Gasteiger partial charge in [-0.3, -0.25) is 14.7 Å². The lowest BCUT2D eigenvalue weighted by Crippen LogP contribution is -2.65. The highest BCUT2D eigenvalue weighted by Crippen LogP contribution is 2.37. The van der Waals surface area contributed by atoms with E-state index in [0.717, 1.165) is 17.4 Å². The summed E-state index contributed by atoms with van der Waals surface area (Å²) in [5.41, 5.74) is 1.41. The molecule has 1 aliphatic heterocycles. The molecule has 2 aromatic carbocycles. The first-order valence-electron chi connectivity index (χ1n) is 11.8. The summed E-state index contributed by atoms with van der Waals surface area (Å²) in [6.07, 6.45) is 0.916. The van der Waals surface area contributed by atoms with Crippen molar-refractivity contribution in [3.8, 4) is 5.69 Å². The van der Waals surface area contributed by atoms with Crippen LogP contribution in [0.3, 0.4) is 0 Å². The zero-order chi connectivity index (χ0) is 25.1. The van der Waals surface area contributed by atoms with Crippen LogP contribution < -0.4 is 10.9 Å². The van der Waals surface area contributed by atoms with Gasteiger partial charge >= 0.3 is 0 Å². The lowest BCUT2D eigenvalue weighted by Gasteiger charge is -2.51. The first-order valence-corrected chi connectivity index (χ1v) is 11.8. The average Bonchev–Trinajstić information content (AvgIpc) is 3.14. The second-order valence-corrected chi connectivity index (χ2v) is 10.9. The van der Waals surface area contributed by atoms with Crippen molar-refractivity contribution in [2.75, 3.05) is 20.6 Å². The van der Waals surface area contributed by atoms with E-state index in [4.69, 9.17) is 0 Å². The molecule has 2 unspecified atom stereocenters. The Bertz CT molecular complexity index is 1480. The number of halogens is 1. The Morgan fingerprint density at radius 2 is 1.83 bits per heavy atom. The summed E-state index contributed by atoms with van der Waals surface area (Å²) in [4.78, 5) is 25.9. The van der Waals surface area contributed by atoms with E-state index < -0.39 is 11.4 Å². The van der Waals surface area contributed by atoms with Gasteiger partial charge in [0.1, 0.15) is 5.52 Å². The van der Waals surface area contributed by atoms with Gasteiger partial charge in [0, 0.05) is 16.4 Å². The van der Waals surface area contributed by atoms with Gasteiger partial charge in [-0.2, -0.15) is 0 Å². The standard InChI is InChI=1S/C26H29FN6O2/c1-15-26(2,3)13-17(14-33(15,4)5)28-24(34)16-9-11-18(12-10-16)32-25(35)23-22(31-32)19-7-6-8-20(27)21(19)29-30-23/h6-12,15,17H,13-14H2,1-5H3,(H-,28,29,31,34,35)/p+1. The topological polar surface area (TPSA) is 92.7 Å². The number of hydrogen-bond donors (Lipinski definition) is 2. The lowest BCUT2D eigenvalue weighted by atomic mass is 9.74. The molecule has 1 fully saturated rings. The molecular formula is C26H30FN6O2+. The number of aromatic amines is 1. The van der Waals surface area contributed by atoms with Crippen LogP contribution in [0, 0.1) is 11.2 Å². The van der Waals surface area contributed by atoms with Gasteiger partial charge in [0.15, 0.2) is 11.3 Å². The van der Waals surface area contributed by atoms with Crippen LogP contribution >= 0.6 is 0 Å². The lowest BCUT2D eigenvalue weighted by molar-refractivity contribution is -0.927. The van der Waals surface area contributed by atoms with Crippen molar-refractivity contribution in [2.24, 2.45) is 5.41 Å². The summed E-state index contributed by atoms with van der Waals surface area (Å²) < 4.78 is 16.3. The summed E-state index contributed by atoms with van der Waals surface area (Å²) >= 11 is 0. The SMILES string of the molecule is CC1C(C)(C)CC(NC(=O)c2ccc(-n3[nH]c4c(nnc5c(F)cccc54)c3=O)cc2)C[N+]1(C)C. The third-order valence-corrected chi connectivity index (χ3v) is 7.74. The fourth-order valence-electron chi connectivity index (χ4n) is 5.48. The molecule has 0 radical (unpaired) electrons. The van der Waals surface area contributed by atoms with Gasteiger partial charge in [0.25, 0.3) is 11.5 Å². The van der Waals surface area contributed by atoms with Crippen molar-refractivity contribution in [1.82, 2.24) is 25.3 Å². The molecule has 2 atom stereocenters. The Morgan fingerprint density at radius 3 is 2.51 bits per heavy atom. The van der Waals surface area contributed by atoms with E-state index in [1.165, 1.54) is 10.7 Å². The molecule has 4 aromatic rings. The zero-order valence-electron chi connectivity index (χ0n) is 20.6. The van der Waals surface area contributed by atoms with Gasteiger partial charge in [0.05, 0.1) is 43.9 Å². The summed E-state index contributed by atoms with van der Waals surface area (Å²) in [5, 5.41) is 14.5. The van der Waals surface area contributed by atoms with E-state index >= 15 is 0 Å². The highest BCUT2D eigenvalue weighted by Gasteiger charge is 2.46. The predicted molar refractivity (Wildman–Crippen MR) is 133 cm³/mol. The number of quaternary nitrogens is 1. The van der Waals surface area contributed by atoms with Crippen LogP contribution in [0.2, 0.25) is 0 Å². The Balaban J connectivity index is 1.41. The fourth-order valence-corrected chi connectivity index (χ4v) is 5.48. The van der Waals surface area contributed by atoms with Crippen LogP contribution in [0.4, 0.5) is 4.39 Å². The Hall–Kier alpha value is -3.59. The molecule has 2 aromatic heterocycles. The Kier molecular flexibility index (Phi) is 5.28. The largest absolute Gasteiger partial charge is 0.344 e. The van der Waals surface area contributed by atoms with E-state index in [2.05, 4.69) is 55.5 Å². The zero-order valence-corrected chi connectivity index (χ0v) is 20.6. The molecular weight excluding hydrogens is 447 g/mol. The number of H-pyrrole nitrogens is 1. The molecule has 1 saturated heterocycles. The van der Waals surface area contributed by atoms with Crippen LogP contribution in [-0.2, 0) is 0 Å². The number of amides is 1. The molecule has 0 bridgehead atoms. The minimum Gasteiger partial charge on any atom is -0.344 e. The van der Waals surface area contributed by atoms with Gasteiger partial charge in [0.2, 0.25) is 0 Å². The number of nitrogens with one attached hydrogen (secondary N) is 2. The van der Waals surface area contributed by atoms with E-state index in [9.17, 15) is 14.0 Å². The van der Waals surface area contributed by atoms with Crippen molar-refractivity contribution in [2.45, 2.75) is 39.3 Å². The molecule has 2 N–H and O–H groups in total. The van der Waals surface area contributed by atoms with Crippen molar-refractivity contribution in [3.05, 3.63) is 64.2 Å². The number of carbonyl (C=O) groups excluding carboxylic acids is 1. The number of rotatable bonds is 3. The molecule has 35 heavy (non-hydrogen) atoms. The Labute approximate surface area is 202 Å². The number of likely N-dealkylation sites (N-methyl/N-ethyl adjacent to an activating group) is 1. The number of nitrogens with zero attached hydrogens (tertiary/aromatic N) is 4. The van der Waals surface area contributed by atoms with Gasteiger partial charge in [-0.1, -0.05) is 26.0 Å². The predicted octanol–water partition coefficient (Wildman–Crippen LogP) is 3.39. The highest BCUT2D eigenvalue weighted by molar-refractivity contribution is 6.01. The van der Waals surface area contributed by atoms with Gasteiger partial charge in [-0.05, 0) is 43.7 Å². The molecule has 8 nitrogen and oxygen atoms in total. The number of carbonyl (C=O) groups is 1. The molecule has 5 rings (SSSR count). The van der Waals surface area contributed by atoms with Crippen molar-refractivity contribution in [1.29, 1.82) is 0 Å². The second-order valence-electron chi connectivity index (χ2n) is 10.9. The quantitative estimate of drug-likeness (QED) is 0.443. The monoisotopic (exact) mass is 477 g/mol. The Morgan fingerprint density at radius 1 is 1.14 bits per heavy atom. The third kappa shape index (κ3) is 3.89. The van der Waals surface area contributed by atoms with E-state index in [0.29, 0.717) is 28.2 Å². The number of aromatic nitrogens is 4. The van der Waals surface area contributed by atoms with Gasteiger partial charge in [-0.15, -0.1) is 10.2 Å². The van der Waals surface area contributed by atoms with Crippen molar-refractivity contribution >= 4 is 27.8 Å². The first-order chi connectivity index (χ1) is 16.5. The average molecular weight is 478 g/mol. The van der Waals surface area contributed by atoms with E-state index in [-0.39, 0.29) is 28.4 Å². The summed E-state index contributed by atoms with van der Waals surface area (Å²) in [6, 6.07) is 11.9. The maximum atomic E-state index is 14.1. The summed E-state index contributed by atoms with van der Waals surface area (Å²) in [6.45, 7) is 7.65. The summed E-state index contributed by atoms with van der Waals surface area (Å²) in [5.74, 6) is -0.637. The van der Waals surface area contributed by atoms with Crippen LogP contribution in [0.1, 0.15) is 37.6 Å². The number of hydrogen-bond acceptors (Lipinski definition) is 4. The molecule has 3 heterocycles. The maximum absolute atomic E-state index is 14.1. The normalized spacial score (nSPS) is 21.3. The number of piperidine rings is 1.